The predicted molar refractivity (Wildman–Crippen MR) is 71.0 cm³/mol. The molecule has 3 N–H and O–H groups in total. The van der Waals surface area contributed by atoms with E-state index >= 15 is 0 Å². The van der Waals surface area contributed by atoms with Crippen molar-refractivity contribution >= 4 is 11.7 Å². The molecule has 0 unspecified atom stereocenters. The SMILES string of the molecule is Cc1ccc(NC(=O)[C@H](N)c2ccccc2)nc1. The summed E-state index contributed by atoms with van der Waals surface area (Å²) in [7, 11) is 0. The van der Waals surface area contributed by atoms with Crippen molar-refractivity contribution in [3.8, 4) is 0 Å². The minimum atomic E-state index is -0.686. The van der Waals surface area contributed by atoms with Crippen molar-refractivity contribution in [1.29, 1.82) is 0 Å². The Kier molecular flexibility index (Phi) is 3.69. The lowest BCUT2D eigenvalue weighted by molar-refractivity contribution is -0.117. The lowest BCUT2D eigenvalue weighted by atomic mass is 10.1. The Labute approximate surface area is 106 Å². The first-order chi connectivity index (χ1) is 8.66. The van der Waals surface area contributed by atoms with Gasteiger partial charge in [0.15, 0.2) is 0 Å². The molecule has 1 aromatic heterocycles. The molecule has 0 radical (unpaired) electrons. The number of carbonyl (C=O) groups is 1. The van der Waals surface area contributed by atoms with Crippen molar-refractivity contribution in [1.82, 2.24) is 4.98 Å². The highest BCUT2D eigenvalue weighted by Crippen LogP contribution is 2.12. The number of amides is 1. The van der Waals surface area contributed by atoms with E-state index in [-0.39, 0.29) is 5.91 Å². The highest BCUT2D eigenvalue weighted by Gasteiger charge is 2.15. The molecule has 1 atom stereocenters. The van der Waals surface area contributed by atoms with Gasteiger partial charge >= 0.3 is 0 Å². The molecule has 0 saturated heterocycles. The van der Waals surface area contributed by atoms with Crippen LogP contribution in [0.1, 0.15) is 17.2 Å². The number of nitrogens with two attached hydrogens (primary N) is 1. The van der Waals surface area contributed by atoms with Crippen molar-refractivity contribution in [2.75, 3.05) is 5.32 Å². The summed E-state index contributed by atoms with van der Waals surface area (Å²) in [5.41, 5.74) is 7.70. The second-order valence-corrected chi connectivity index (χ2v) is 4.10. The molecule has 0 saturated carbocycles. The maximum absolute atomic E-state index is 11.9. The van der Waals surface area contributed by atoms with Crippen LogP contribution in [0.25, 0.3) is 0 Å². The molecule has 18 heavy (non-hydrogen) atoms. The van der Waals surface area contributed by atoms with Crippen LogP contribution in [-0.4, -0.2) is 10.9 Å². The van der Waals surface area contributed by atoms with E-state index in [0.717, 1.165) is 11.1 Å². The summed E-state index contributed by atoms with van der Waals surface area (Å²) in [6.07, 6.45) is 1.70. The Morgan fingerprint density at radius 3 is 2.56 bits per heavy atom. The zero-order chi connectivity index (χ0) is 13.0. The summed E-state index contributed by atoms with van der Waals surface area (Å²) in [4.78, 5) is 16.0. The van der Waals surface area contributed by atoms with Crippen LogP contribution in [0.3, 0.4) is 0 Å². The Hall–Kier alpha value is -2.20. The highest BCUT2D eigenvalue weighted by atomic mass is 16.2. The largest absolute Gasteiger partial charge is 0.316 e. The third kappa shape index (κ3) is 2.93. The van der Waals surface area contributed by atoms with E-state index in [9.17, 15) is 4.79 Å². The van der Waals surface area contributed by atoms with Gasteiger partial charge in [0.05, 0.1) is 0 Å². The molecule has 2 aromatic rings. The van der Waals surface area contributed by atoms with E-state index in [4.69, 9.17) is 5.73 Å². The van der Waals surface area contributed by atoms with Crippen molar-refractivity contribution < 1.29 is 4.79 Å². The average molecular weight is 241 g/mol. The molecule has 0 aliphatic carbocycles. The van der Waals surface area contributed by atoms with Gasteiger partial charge in [-0.25, -0.2) is 4.98 Å². The van der Waals surface area contributed by atoms with Crippen molar-refractivity contribution in [3.05, 3.63) is 59.8 Å². The van der Waals surface area contributed by atoms with E-state index in [2.05, 4.69) is 10.3 Å². The number of hydrogen-bond donors (Lipinski definition) is 2. The lowest BCUT2D eigenvalue weighted by Crippen LogP contribution is -2.28. The minimum Gasteiger partial charge on any atom is -0.316 e. The summed E-state index contributed by atoms with van der Waals surface area (Å²) in [6, 6.07) is 12.2. The second kappa shape index (κ2) is 5.42. The summed E-state index contributed by atoms with van der Waals surface area (Å²) < 4.78 is 0. The normalized spacial score (nSPS) is 11.9. The molecule has 4 nitrogen and oxygen atoms in total. The highest BCUT2D eigenvalue weighted by molar-refractivity contribution is 5.94. The summed E-state index contributed by atoms with van der Waals surface area (Å²) >= 11 is 0. The summed E-state index contributed by atoms with van der Waals surface area (Å²) in [5.74, 6) is 0.245. The lowest BCUT2D eigenvalue weighted by Gasteiger charge is -2.11. The number of benzene rings is 1. The van der Waals surface area contributed by atoms with Crippen LogP contribution in [0, 0.1) is 6.92 Å². The number of aryl methyl sites for hydroxylation is 1. The van der Waals surface area contributed by atoms with Crippen molar-refractivity contribution in [2.45, 2.75) is 13.0 Å². The van der Waals surface area contributed by atoms with Crippen molar-refractivity contribution in [3.63, 3.8) is 0 Å². The molecular formula is C14H15N3O. The molecule has 1 aromatic carbocycles. The Balaban J connectivity index is 2.06. The number of nitrogens with zero attached hydrogens (tertiary/aromatic N) is 1. The summed E-state index contributed by atoms with van der Waals surface area (Å²) in [6.45, 7) is 1.94. The van der Waals surface area contributed by atoms with Crippen molar-refractivity contribution in [2.24, 2.45) is 5.73 Å². The van der Waals surface area contributed by atoms with Gasteiger partial charge in [-0.15, -0.1) is 0 Å². The zero-order valence-electron chi connectivity index (χ0n) is 10.1. The summed E-state index contributed by atoms with van der Waals surface area (Å²) in [5, 5.41) is 2.69. The first kappa shape index (κ1) is 12.3. The maximum Gasteiger partial charge on any atom is 0.247 e. The van der Waals surface area contributed by atoms with Gasteiger partial charge in [-0.3, -0.25) is 4.79 Å². The first-order valence-corrected chi connectivity index (χ1v) is 5.71. The zero-order valence-corrected chi connectivity index (χ0v) is 10.1. The second-order valence-electron chi connectivity index (χ2n) is 4.10. The van der Waals surface area contributed by atoms with Crippen LogP contribution in [0.2, 0.25) is 0 Å². The maximum atomic E-state index is 11.9. The number of hydrogen-bond acceptors (Lipinski definition) is 3. The molecule has 4 heteroatoms. The molecule has 0 aliphatic rings. The van der Waals surface area contributed by atoms with E-state index < -0.39 is 6.04 Å². The smallest absolute Gasteiger partial charge is 0.247 e. The van der Waals surface area contributed by atoms with Gasteiger partial charge in [0.1, 0.15) is 11.9 Å². The Morgan fingerprint density at radius 1 is 1.22 bits per heavy atom. The van der Waals surface area contributed by atoms with Gasteiger partial charge in [0, 0.05) is 6.20 Å². The third-order valence-electron chi connectivity index (χ3n) is 2.60. The van der Waals surface area contributed by atoms with E-state index in [1.807, 2.05) is 43.3 Å². The minimum absolute atomic E-state index is 0.266. The van der Waals surface area contributed by atoms with Gasteiger partial charge in [-0.1, -0.05) is 36.4 Å². The fourth-order valence-electron chi connectivity index (χ4n) is 1.56. The molecule has 1 amide bonds. The molecule has 1 heterocycles. The van der Waals surface area contributed by atoms with E-state index in [1.54, 1.807) is 12.3 Å². The Morgan fingerprint density at radius 2 is 1.94 bits per heavy atom. The molecule has 0 bridgehead atoms. The van der Waals surface area contributed by atoms with E-state index in [1.165, 1.54) is 0 Å². The number of aromatic nitrogens is 1. The molecule has 2 rings (SSSR count). The molecule has 0 spiro atoms. The molecular weight excluding hydrogens is 226 g/mol. The Bertz CT molecular complexity index is 522. The first-order valence-electron chi connectivity index (χ1n) is 5.71. The number of carbonyl (C=O) groups excluding carboxylic acids is 1. The molecule has 92 valence electrons. The van der Waals surface area contributed by atoms with Crippen LogP contribution >= 0.6 is 0 Å². The van der Waals surface area contributed by atoms with Crippen LogP contribution in [0.5, 0.6) is 0 Å². The number of rotatable bonds is 3. The van der Waals surface area contributed by atoms with Crippen LogP contribution in [0.4, 0.5) is 5.82 Å². The van der Waals surface area contributed by atoms with Gasteiger partial charge in [0.2, 0.25) is 5.91 Å². The number of pyridine rings is 1. The molecule has 0 fully saturated rings. The van der Waals surface area contributed by atoms with Gasteiger partial charge in [0.25, 0.3) is 0 Å². The topological polar surface area (TPSA) is 68.0 Å². The van der Waals surface area contributed by atoms with Crippen LogP contribution in [-0.2, 0) is 4.79 Å². The van der Waals surface area contributed by atoms with Gasteiger partial charge in [-0.2, -0.15) is 0 Å². The fourth-order valence-corrected chi connectivity index (χ4v) is 1.56. The quantitative estimate of drug-likeness (QED) is 0.864. The van der Waals surface area contributed by atoms with Gasteiger partial charge in [-0.05, 0) is 24.1 Å². The number of nitrogens with one attached hydrogen (secondary N) is 1. The average Bonchev–Trinajstić information content (AvgIpc) is 2.41. The standard InChI is InChI=1S/C14H15N3O/c1-10-7-8-12(16-9-10)17-14(18)13(15)11-5-3-2-4-6-11/h2-9,13H,15H2,1H3,(H,16,17,18)/t13-/m1/s1. The van der Waals surface area contributed by atoms with Crippen LogP contribution < -0.4 is 11.1 Å². The van der Waals surface area contributed by atoms with E-state index in [0.29, 0.717) is 5.82 Å². The fraction of sp³-hybridized carbons (Fsp3) is 0.143. The molecule has 0 aliphatic heterocycles. The number of anilines is 1. The predicted octanol–water partition coefficient (Wildman–Crippen LogP) is 2.03. The third-order valence-corrected chi connectivity index (χ3v) is 2.60. The van der Waals surface area contributed by atoms with Crippen LogP contribution in [0.15, 0.2) is 48.7 Å². The van der Waals surface area contributed by atoms with Gasteiger partial charge < -0.3 is 11.1 Å². The monoisotopic (exact) mass is 241 g/mol.